The van der Waals surface area contributed by atoms with E-state index in [-0.39, 0.29) is 17.6 Å². The second-order valence-electron chi connectivity index (χ2n) is 6.39. The summed E-state index contributed by atoms with van der Waals surface area (Å²) in [5, 5.41) is 3.08. The lowest BCUT2D eigenvalue weighted by Crippen LogP contribution is -2.43. The Bertz CT molecular complexity index is 501. The van der Waals surface area contributed by atoms with Gasteiger partial charge in [-0.05, 0) is 55.8 Å². The van der Waals surface area contributed by atoms with E-state index < -0.39 is 0 Å². The van der Waals surface area contributed by atoms with Crippen molar-refractivity contribution in [1.29, 1.82) is 0 Å². The molecule has 0 aromatic heterocycles. The standard InChI is InChI=1S/C17H23FN2O/c18-16-5-1-3-14(9-16)11-20-8-2-4-15(12-20)17(21)19-10-13-6-7-13/h1,3,5,9,13,15H,2,4,6-8,10-12H2,(H,19,21)/t15-/m1/s1. The van der Waals surface area contributed by atoms with E-state index in [9.17, 15) is 9.18 Å². The zero-order valence-corrected chi connectivity index (χ0v) is 12.4. The summed E-state index contributed by atoms with van der Waals surface area (Å²) in [6, 6.07) is 6.74. The highest BCUT2D eigenvalue weighted by Gasteiger charge is 2.27. The molecule has 2 fully saturated rings. The highest BCUT2D eigenvalue weighted by molar-refractivity contribution is 5.79. The van der Waals surface area contributed by atoms with Crippen LogP contribution in [0.25, 0.3) is 0 Å². The maximum atomic E-state index is 13.2. The van der Waals surface area contributed by atoms with Gasteiger partial charge in [-0.25, -0.2) is 4.39 Å². The van der Waals surface area contributed by atoms with Gasteiger partial charge in [0.1, 0.15) is 5.82 Å². The van der Waals surface area contributed by atoms with Gasteiger partial charge in [0.2, 0.25) is 5.91 Å². The van der Waals surface area contributed by atoms with Gasteiger partial charge < -0.3 is 5.32 Å². The van der Waals surface area contributed by atoms with Crippen LogP contribution >= 0.6 is 0 Å². The number of likely N-dealkylation sites (tertiary alicyclic amines) is 1. The summed E-state index contributed by atoms with van der Waals surface area (Å²) in [6.07, 6.45) is 4.53. The molecule has 0 spiro atoms. The van der Waals surface area contributed by atoms with E-state index in [1.165, 1.54) is 18.9 Å². The second kappa shape index (κ2) is 6.56. The third-order valence-corrected chi connectivity index (χ3v) is 4.43. The highest BCUT2D eigenvalue weighted by atomic mass is 19.1. The first-order valence-corrected chi connectivity index (χ1v) is 7.95. The molecule has 114 valence electrons. The van der Waals surface area contributed by atoms with Crippen LogP contribution in [0.4, 0.5) is 4.39 Å². The molecule has 1 heterocycles. The summed E-state index contributed by atoms with van der Waals surface area (Å²) in [5.74, 6) is 0.820. The van der Waals surface area contributed by atoms with Crippen molar-refractivity contribution < 1.29 is 9.18 Å². The minimum absolute atomic E-state index is 0.0889. The Labute approximate surface area is 125 Å². The summed E-state index contributed by atoms with van der Waals surface area (Å²) >= 11 is 0. The molecule has 3 nitrogen and oxygen atoms in total. The molecule has 1 N–H and O–H groups in total. The molecule has 3 rings (SSSR count). The Balaban J connectivity index is 1.51. The van der Waals surface area contributed by atoms with E-state index in [0.717, 1.165) is 50.5 Å². The summed E-state index contributed by atoms with van der Waals surface area (Å²) in [5.41, 5.74) is 0.981. The van der Waals surface area contributed by atoms with Gasteiger partial charge in [-0.3, -0.25) is 9.69 Å². The molecular formula is C17H23FN2O. The van der Waals surface area contributed by atoms with Gasteiger partial charge in [0, 0.05) is 19.6 Å². The summed E-state index contributed by atoms with van der Waals surface area (Å²) in [4.78, 5) is 14.4. The first kappa shape index (κ1) is 14.5. The summed E-state index contributed by atoms with van der Waals surface area (Å²) in [7, 11) is 0. The second-order valence-corrected chi connectivity index (χ2v) is 6.39. The third-order valence-electron chi connectivity index (χ3n) is 4.43. The van der Waals surface area contributed by atoms with Crippen molar-refractivity contribution in [2.75, 3.05) is 19.6 Å². The number of amides is 1. The van der Waals surface area contributed by atoms with Gasteiger partial charge in [0.15, 0.2) is 0 Å². The van der Waals surface area contributed by atoms with Crippen LogP contribution < -0.4 is 5.32 Å². The van der Waals surface area contributed by atoms with Crippen molar-refractivity contribution in [3.8, 4) is 0 Å². The molecule has 0 bridgehead atoms. The van der Waals surface area contributed by atoms with E-state index >= 15 is 0 Å². The normalized spacial score (nSPS) is 23.0. The lowest BCUT2D eigenvalue weighted by molar-refractivity contribution is -0.126. The van der Waals surface area contributed by atoms with Crippen molar-refractivity contribution in [3.63, 3.8) is 0 Å². The van der Waals surface area contributed by atoms with Gasteiger partial charge in [0.05, 0.1) is 5.92 Å². The molecule has 4 heteroatoms. The van der Waals surface area contributed by atoms with Crippen molar-refractivity contribution in [2.45, 2.75) is 32.2 Å². The number of carbonyl (C=O) groups is 1. The van der Waals surface area contributed by atoms with Crippen molar-refractivity contribution in [3.05, 3.63) is 35.6 Å². The zero-order chi connectivity index (χ0) is 14.7. The fourth-order valence-electron chi connectivity index (χ4n) is 3.02. The molecule has 1 atom stereocenters. The maximum Gasteiger partial charge on any atom is 0.224 e. The summed E-state index contributed by atoms with van der Waals surface area (Å²) < 4.78 is 13.2. The minimum atomic E-state index is -0.191. The van der Waals surface area contributed by atoms with E-state index in [1.54, 1.807) is 12.1 Å². The van der Waals surface area contributed by atoms with Crippen LogP contribution in [0.1, 0.15) is 31.2 Å². The highest BCUT2D eigenvalue weighted by Crippen LogP contribution is 2.28. The van der Waals surface area contributed by atoms with Crippen molar-refractivity contribution >= 4 is 5.91 Å². The van der Waals surface area contributed by atoms with Crippen molar-refractivity contribution in [1.82, 2.24) is 10.2 Å². The van der Waals surface area contributed by atoms with Crippen LogP contribution in [0.3, 0.4) is 0 Å². The molecule has 0 unspecified atom stereocenters. The van der Waals surface area contributed by atoms with Gasteiger partial charge in [-0.1, -0.05) is 12.1 Å². The monoisotopic (exact) mass is 290 g/mol. The molecule has 1 aromatic carbocycles. The summed E-state index contributed by atoms with van der Waals surface area (Å²) in [6.45, 7) is 3.35. The van der Waals surface area contributed by atoms with Crippen molar-refractivity contribution in [2.24, 2.45) is 11.8 Å². The van der Waals surface area contributed by atoms with Crippen LogP contribution in [0.5, 0.6) is 0 Å². The number of carbonyl (C=O) groups excluding carboxylic acids is 1. The molecule has 1 aliphatic heterocycles. The minimum Gasteiger partial charge on any atom is -0.356 e. The van der Waals surface area contributed by atoms with E-state index in [1.807, 2.05) is 6.07 Å². The van der Waals surface area contributed by atoms with Gasteiger partial charge >= 0.3 is 0 Å². The Morgan fingerprint density at radius 3 is 2.95 bits per heavy atom. The average Bonchev–Trinajstić information content (AvgIpc) is 3.29. The molecule has 1 amide bonds. The number of hydrogen-bond acceptors (Lipinski definition) is 2. The van der Waals surface area contributed by atoms with E-state index in [4.69, 9.17) is 0 Å². The number of benzene rings is 1. The number of hydrogen-bond donors (Lipinski definition) is 1. The fourth-order valence-corrected chi connectivity index (χ4v) is 3.02. The maximum absolute atomic E-state index is 13.2. The average molecular weight is 290 g/mol. The Morgan fingerprint density at radius 2 is 2.19 bits per heavy atom. The van der Waals surface area contributed by atoms with Crippen LogP contribution in [-0.2, 0) is 11.3 Å². The SMILES string of the molecule is O=C(NCC1CC1)[C@@H]1CCCN(Cc2cccc(F)c2)C1. The third kappa shape index (κ3) is 4.27. The lowest BCUT2D eigenvalue weighted by Gasteiger charge is -2.32. The van der Waals surface area contributed by atoms with Gasteiger partial charge in [-0.2, -0.15) is 0 Å². The Kier molecular flexibility index (Phi) is 4.54. The molecule has 1 saturated carbocycles. The largest absolute Gasteiger partial charge is 0.356 e. The molecule has 1 saturated heterocycles. The number of nitrogens with one attached hydrogen (secondary N) is 1. The first-order chi connectivity index (χ1) is 10.2. The fraction of sp³-hybridized carbons (Fsp3) is 0.588. The molecule has 1 aromatic rings. The van der Waals surface area contributed by atoms with Gasteiger partial charge in [-0.15, -0.1) is 0 Å². The molecular weight excluding hydrogens is 267 g/mol. The Hall–Kier alpha value is -1.42. The molecule has 21 heavy (non-hydrogen) atoms. The topological polar surface area (TPSA) is 32.3 Å². The quantitative estimate of drug-likeness (QED) is 0.904. The number of nitrogens with zero attached hydrogens (tertiary/aromatic N) is 1. The van der Waals surface area contributed by atoms with Gasteiger partial charge in [0.25, 0.3) is 0 Å². The predicted octanol–water partition coefficient (Wildman–Crippen LogP) is 2.56. The predicted molar refractivity (Wildman–Crippen MR) is 80.1 cm³/mol. The van der Waals surface area contributed by atoms with E-state index in [2.05, 4.69) is 10.2 Å². The number of halogens is 1. The molecule has 1 aliphatic carbocycles. The van der Waals surface area contributed by atoms with Crippen LogP contribution in [0.2, 0.25) is 0 Å². The van der Waals surface area contributed by atoms with Crippen LogP contribution in [0, 0.1) is 17.7 Å². The first-order valence-electron chi connectivity index (χ1n) is 7.95. The Morgan fingerprint density at radius 1 is 1.33 bits per heavy atom. The number of piperidine rings is 1. The zero-order valence-electron chi connectivity index (χ0n) is 12.4. The molecule has 2 aliphatic rings. The number of rotatable bonds is 5. The lowest BCUT2D eigenvalue weighted by atomic mass is 9.96. The van der Waals surface area contributed by atoms with Crippen LogP contribution in [0.15, 0.2) is 24.3 Å². The smallest absolute Gasteiger partial charge is 0.224 e. The van der Waals surface area contributed by atoms with Crippen LogP contribution in [-0.4, -0.2) is 30.4 Å². The molecule has 0 radical (unpaired) electrons. The van der Waals surface area contributed by atoms with E-state index in [0.29, 0.717) is 0 Å².